The Bertz CT molecular complexity index is 1200. The van der Waals surface area contributed by atoms with Gasteiger partial charge in [-0.05, 0) is 49.7 Å². The number of aromatic nitrogens is 2. The molecule has 4 rings (SSSR count). The minimum atomic E-state index is -0.607. The van der Waals surface area contributed by atoms with Crippen molar-refractivity contribution in [2.24, 2.45) is 0 Å². The van der Waals surface area contributed by atoms with Gasteiger partial charge in [0, 0.05) is 19.2 Å². The molecular formula is C28H30FN3O2. The molecule has 176 valence electrons. The van der Waals surface area contributed by atoms with Gasteiger partial charge in [0.15, 0.2) is 0 Å². The minimum absolute atomic E-state index is 0.361. The molecule has 0 saturated carbocycles. The number of hydrogen-bond donors (Lipinski definition) is 1. The quantitative estimate of drug-likeness (QED) is 0.313. The summed E-state index contributed by atoms with van der Waals surface area (Å²) in [5.74, 6) is 0.592. The fourth-order valence-corrected chi connectivity index (χ4v) is 4.01. The van der Waals surface area contributed by atoms with Crippen molar-refractivity contribution >= 4 is 0 Å². The number of hydrogen-bond acceptors (Lipinski definition) is 4. The van der Waals surface area contributed by atoms with Gasteiger partial charge in [0.25, 0.3) is 0 Å². The summed E-state index contributed by atoms with van der Waals surface area (Å²) in [7, 11) is 0. The summed E-state index contributed by atoms with van der Waals surface area (Å²) in [5, 5.41) is 15.6. The molecule has 0 fully saturated rings. The first kappa shape index (κ1) is 23.7. The van der Waals surface area contributed by atoms with Gasteiger partial charge in [-0.1, -0.05) is 61.5 Å². The van der Waals surface area contributed by atoms with E-state index in [0.29, 0.717) is 24.7 Å². The topological polar surface area (TPSA) is 50.5 Å². The highest BCUT2D eigenvalue weighted by atomic mass is 19.1. The van der Waals surface area contributed by atoms with Crippen molar-refractivity contribution in [3.05, 3.63) is 108 Å². The van der Waals surface area contributed by atoms with Gasteiger partial charge in [-0.3, -0.25) is 4.90 Å². The van der Waals surface area contributed by atoms with Crippen LogP contribution in [-0.2, 0) is 6.54 Å². The molecule has 3 aromatic carbocycles. The monoisotopic (exact) mass is 459 g/mol. The van der Waals surface area contributed by atoms with Crippen molar-refractivity contribution in [1.82, 2.24) is 14.7 Å². The Morgan fingerprint density at radius 1 is 1.00 bits per heavy atom. The van der Waals surface area contributed by atoms with Crippen LogP contribution in [0.3, 0.4) is 0 Å². The molecule has 6 heteroatoms. The van der Waals surface area contributed by atoms with Gasteiger partial charge in [0.05, 0.1) is 23.0 Å². The average Bonchev–Trinajstić information content (AvgIpc) is 3.15. The molecule has 1 aromatic heterocycles. The maximum Gasteiger partial charge on any atom is 0.227 e. The van der Waals surface area contributed by atoms with Gasteiger partial charge < -0.3 is 9.84 Å². The van der Waals surface area contributed by atoms with E-state index in [2.05, 4.69) is 11.8 Å². The smallest absolute Gasteiger partial charge is 0.227 e. The van der Waals surface area contributed by atoms with Gasteiger partial charge in [-0.25, -0.2) is 9.07 Å². The molecule has 0 bridgehead atoms. The number of benzene rings is 3. The molecule has 1 N–H and O–H groups in total. The molecule has 5 nitrogen and oxygen atoms in total. The fourth-order valence-electron chi connectivity index (χ4n) is 4.01. The van der Waals surface area contributed by atoms with Crippen molar-refractivity contribution in [3.63, 3.8) is 0 Å². The molecular weight excluding hydrogens is 429 g/mol. The van der Waals surface area contributed by atoms with Gasteiger partial charge in [-0.15, -0.1) is 0 Å². The number of aryl methyl sites for hydroxylation is 1. The van der Waals surface area contributed by atoms with Gasteiger partial charge in [0.1, 0.15) is 11.6 Å². The lowest BCUT2D eigenvalue weighted by Gasteiger charge is -2.25. The van der Waals surface area contributed by atoms with E-state index in [1.54, 1.807) is 16.8 Å². The standard InChI is InChI=1S/C28H30FN3O2/c1-3-17-31(20-27(33)22-11-6-4-7-12-22)19-26-21(2)30-32(24-14-8-5-9-15-24)28(26)34-25-16-10-13-23(29)18-25/h4-16,18,27,33H,3,17,19-20H2,1-2H3. The third-order valence-corrected chi connectivity index (χ3v) is 5.69. The highest BCUT2D eigenvalue weighted by Crippen LogP contribution is 2.32. The van der Waals surface area contributed by atoms with E-state index < -0.39 is 6.10 Å². The Kier molecular flexibility index (Phi) is 7.72. The number of aliphatic hydroxyl groups excluding tert-OH is 1. The fraction of sp³-hybridized carbons (Fsp3) is 0.250. The van der Waals surface area contributed by atoms with Crippen molar-refractivity contribution in [2.45, 2.75) is 32.9 Å². The Labute approximate surface area is 200 Å². The maximum absolute atomic E-state index is 13.9. The molecule has 4 aromatic rings. The highest BCUT2D eigenvalue weighted by molar-refractivity contribution is 5.43. The van der Waals surface area contributed by atoms with E-state index in [4.69, 9.17) is 9.84 Å². The normalized spacial score (nSPS) is 12.1. The van der Waals surface area contributed by atoms with E-state index in [1.807, 2.05) is 67.6 Å². The minimum Gasteiger partial charge on any atom is -0.438 e. The second-order valence-electron chi connectivity index (χ2n) is 8.34. The first-order valence-electron chi connectivity index (χ1n) is 11.6. The third-order valence-electron chi connectivity index (χ3n) is 5.69. The zero-order valence-corrected chi connectivity index (χ0v) is 19.6. The van der Waals surface area contributed by atoms with E-state index in [9.17, 15) is 9.50 Å². The zero-order chi connectivity index (χ0) is 23.9. The van der Waals surface area contributed by atoms with Crippen LogP contribution in [0.1, 0.15) is 36.3 Å². The Hall–Kier alpha value is -3.48. The molecule has 0 amide bonds. The van der Waals surface area contributed by atoms with Crippen molar-refractivity contribution < 1.29 is 14.2 Å². The molecule has 0 aliphatic carbocycles. The Morgan fingerprint density at radius 3 is 2.38 bits per heavy atom. The van der Waals surface area contributed by atoms with Gasteiger partial charge in [-0.2, -0.15) is 5.10 Å². The van der Waals surface area contributed by atoms with Gasteiger partial charge in [0.2, 0.25) is 5.88 Å². The first-order valence-corrected chi connectivity index (χ1v) is 11.6. The van der Waals surface area contributed by atoms with Crippen LogP contribution in [0.25, 0.3) is 5.69 Å². The molecule has 1 atom stereocenters. The van der Waals surface area contributed by atoms with E-state index in [1.165, 1.54) is 12.1 Å². The molecule has 1 unspecified atom stereocenters. The van der Waals surface area contributed by atoms with Crippen LogP contribution >= 0.6 is 0 Å². The molecule has 0 saturated heterocycles. The van der Waals surface area contributed by atoms with E-state index >= 15 is 0 Å². The highest BCUT2D eigenvalue weighted by Gasteiger charge is 2.23. The SMILES string of the molecule is CCCN(Cc1c(C)nn(-c2ccccc2)c1Oc1cccc(F)c1)CC(O)c1ccccc1. The summed E-state index contributed by atoms with van der Waals surface area (Å²) in [5.41, 5.74) is 3.47. The zero-order valence-electron chi connectivity index (χ0n) is 19.6. The van der Waals surface area contributed by atoms with E-state index in [0.717, 1.165) is 35.5 Å². The van der Waals surface area contributed by atoms with Crippen molar-refractivity contribution in [1.29, 1.82) is 0 Å². The number of halogens is 1. The average molecular weight is 460 g/mol. The van der Waals surface area contributed by atoms with Gasteiger partial charge >= 0.3 is 0 Å². The number of para-hydroxylation sites is 1. The second kappa shape index (κ2) is 11.1. The summed E-state index contributed by atoms with van der Waals surface area (Å²) in [6, 6.07) is 25.5. The lowest BCUT2D eigenvalue weighted by atomic mass is 10.1. The molecule has 1 heterocycles. The predicted molar refractivity (Wildman–Crippen MR) is 132 cm³/mol. The summed E-state index contributed by atoms with van der Waals surface area (Å²) in [6.07, 6.45) is 0.331. The van der Waals surface area contributed by atoms with Crippen LogP contribution in [0.2, 0.25) is 0 Å². The number of aliphatic hydroxyl groups is 1. The number of nitrogens with zero attached hydrogens (tertiary/aromatic N) is 3. The van der Waals surface area contributed by atoms with Crippen LogP contribution in [0.5, 0.6) is 11.6 Å². The van der Waals surface area contributed by atoms with E-state index in [-0.39, 0.29) is 5.82 Å². The van der Waals surface area contributed by atoms with Crippen LogP contribution in [0, 0.1) is 12.7 Å². The summed E-state index contributed by atoms with van der Waals surface area (Å²) < 4.78 is 21.9. The molecule has 0 aliphatic heterocycles. The third kappa shape index (κ3) is 5.71. The molecule has 0 spiro atoms. The Morgan fingerprint density at radius 2 is 1.71 bits per heavy atom. The summed E-state index contributed by atoms with van der Waals surface area (Å²) >= 11 is 0. The number of ether oxygens (including phenoxy) is 1. The van der Waals surface area contributed by atoms with Crippen molar-refractivity contribution in [3.8, 4) is 17.3 Å². The lowest BCUT2D eigenvalue weighted by molar-refractivity contribution is 0.108. The lowest BCUT2D eigenvalue weighted by Crippen LogP contribution is -2.29. The molecule has 34 heavy (non-hydrogen) atoms. The maximum atomic E-state index is 13.9. The largest absolute Gasteiger partial charge is 0.438 e. The summed E-state index contributed by atoms with van der Waals surface area (Å²) in [4.78, 5) is 2.20. The Balaban J connectivity index is 1.68. The van der Waals surface area contributed by atoms with Crippen LogP contribution in [-0.4, -0.2) is 32.9 Å². The summed E-state index contributed by atoms with van der Waals surface area (Å²) in [6.45, 7) is 5.89. The predicted octanol–water partition coefficient (Wildman–Crippen LogP) is 6.06. The van der Waals surface area contributed by atoms with Crippen LogP contribution < -0.4 is 4.74 Å². The van der Waals surface area contributed by atoms with Crippen molar-refractivity contribution in [2.75, 3.05) is 13.1 Å². The second-order valence-corrected chi connectivity index (χ2v) is 8.34. The first-order chi connectivity index (χ1) is 16.5. The number of rotatable bonds is 10. The molecule has 0 aliphatic rings. The van der Waals surface area contributed by atoms with Crippen LogP contribution in [0.15, 0.2) is 84.9 Å². The van der Waals surface area contributed by atoms with Crippen LogP contribution in [0.4, 0.5) is 4.39 Å². The molecule has 0 radical (unpaired) electrons.